The second kappa shape index (κ2) is 7.85. The lowest BCUT2D eigenvalue weighted by molar-refractivity contribution is -0.0516. The molecular weight excluding hydrogens is 340 g/mol. The van der Waals surface area contributed by atoms with Crippen molar-refractivity contribution in [2.45, 2.75) is 24.9 Å². The summed E-state index contributed by atoms with van der Waals surface area (Å²) in [6, 6.07) is 0. The summed E-state index contributed by atoms with van der Waals surface area (Å²) in [7, 11) is 4.76. The summed E-state index contributed by atoms with van der Waals surface area (Å²) in [4.78, 5) is 29.9. The van der Waals surface area contributed by atoms with E-state index in [2.05, 4.69) is 14.7 Å². The molecule has 0 spiro atoms. The molecule has 0 amide bonds. The van der Waals surface area contributed by atoms with Crippen LogP contribution in [-0.2, 0) is 14.2 Å². The molecule has 2 aromatic rings. The normalized spacial score (nSPS) is 23.2. The lowest BCUT2D eigenvalue weighted by atomic mass is 10.2. The highest BCUT2D eigenvalue weighted by Crippen LogP contribution is 2.31. The molecule has 11 heteroatoms. The fourth-order valence-electron chi connectivity index (χ4n) is 2.47. The second-order valence-electron chi connectivity index (χ2n) is 5.07. The monoisotopic (exact) mass is 360 g/mol. The maximum absolute atomic E-state index is 12.1. The first-order chi connectivity index (χ1) is 11.5. The molecule has 0 aromatic carbocycles. The number of hydrogen-bond donors (Lipinski definition) is 3. The Hall–Kier alpha value is -1.79. The molecule has 1 fully saturated rings. The number of anilines is 1. The van der Waals surface area contributed by atoms with Crippen LogP contribution in [0.2, 0.25) is 0 Å². The maximum atomic E-state index is 12.1. The molecule has 1 aliphatic heterocycles. The van der Waals surface area contributed by atoms with Crippen LogP contribution in [0.25, 0.3) is 10.3 Å². The average molecular weight is 360 g/mol. The Morgan fingerprint density at radius 2 is 2.12 bits per heavy atom. The number of ether oxygens (including phenoxy) is 3. The van der Waals surface area contributed by atoms with Crippen molar-refractivity contribution in [2.24, 2.45) is 0 Å². The fourth-order valence-corrected chi connectivity index (χ4v) is 3.33. The Kier molecular flexibility index (Phi) is 6.07. The molecular formula is C13H20N4O6S. The van der Waals surface area contributed by atoms with Crippen LogP contribution >= 0.6 is 11.3 Å². The van der Waals surface area contributed by atoms with E-state index in [9.17, 15) is 14.7 Å². The zero-order chi connectivity index (χ0) is 17.9. The van der Waals surface area contributed by atoms with Gasteiger partial charge in [0.15, 0.2) is 5.65 Å². The molecule has 3 unspecified atom stereocenters. The zero-order valence-corrected chi connectivity index (χ0v) is 14.3. The number of nitrogens with zero attached hydrogens (tertiary/aromatic N) is 2. The number of thiazole rings is 1. The van der Waals surface area contributed by atoms with E-state index in [1.165, 1.54) is 11.7 Å². The third kappa shape index (κ3) is 3.49. The van der Waals surface area contributed by atoms with Gasteiger partial charge in [0.25, 0.3) is 5.56 Å². The largest absolute Gasteiger partial charge is 0.394 e. The van der Waals surface area contributed by atoms with E-state index in [-0.39, 0.29) is 33.9 Å². The van der Waals surface area contributed by atoms with Gasteiger partial charge in [0, 0.05) is 27.8 Å². The number of aromatic nitrogens is 3. The lowest BCUT2D eigenvalue weighted by Crippen LogP contribution is -2.26. The number of H-pyrrole nitrogens is 1. The summed E-state index contributed by atoms with van der Waals surface area (Å²) < 4.78 is 16.6. The van der Waals surface area contributed by atoms with Crippen molar-refractivity contribution in [3.8, 4) is 0 Å². The summed E-state index contributed by atoms with van der Waals surface area (Å²) in [5.74, 6) is -0.0703. The summed E-state index contributed by atoms with van der Waals surface area (Å²) in [6.45, 7) is -0.220. The molecule has 0 bridgehead atoms. The van der Waals surface area contributed by atoms with Gasteiger partial charge in [0.2, 0.25) is 5.95 Å². The van der Waals surface area contributed by atoms with Crippen LogP contribution in [0.4, 0.5) is 5.95 Å². The summed E-state index contributed by atoms with van der Waals surface area (Å²) in [6.07, 6.45) is -1.13. The van der Waals surface area contributed by atoms with Crippen molar-refractivity contribution < 1.29 is 19.3 Å². The van der Waals surface area contributed by atoms with Crippen molar-refractivity contribution >= 4 is 27.6 Å². The molecule has 24 heavy (non-hydrogen) atoms. The van der Waals surface area contributed by atoms with Gasteiger partial charge in [-0.3, -0.25) is 19.1 Å². The van der Waals surface area contributed by atoms with E-state index in [4.69, 9.17) is 15.2 Å². The number of rotatable bonds is 3. The second-order valence-corrected chi connectivity index (χ2v) is 6.03. The molecule has 10 nitrogen and oxygen atoms in total. The van der Waals surface area contributed by atoms with Crippen LogP contribution in [0.1, 0.15) is 12.6 Å². The molecule has 0 saturated carbocycles. The minimum absolute atomic E-state index is 0.0703. The number of methoxy groups -OCH3 is 2. The van der Waals surface area contributed by atoms with E-state index in [1.807, 2.05) is 0 Å². The van der Waals surface area contributed by atoms with Crippen molar-refractivity contribution in [1.29, 1.82) is 0 Å². The molecule has 1 saturated heterocycles. The summed E-state index contributed by atoms with van der Waals surface area (Å²) >= 11 is 0.781. The van der Waals surface area contributed by atoms with Crippen LogP contribution in [-0.4, -0.2) is 59.8 Å². The van der Waals surface area contributed by atoms with E-state index < -0.39 is 17.9 Å². The predicted molar refractivity (Wildman–Crippen MR) is 88.3 cm³/mol. The van der Waals surface area contributed by atoms with Gasteiger partial charge < -0.3 is 25.1 Å². The Bertz CT molecular complexity index is 788. The molecule has 1 aliphatic rings. The maximum Gasteiger partial charge on any atom is 0.311 e. The molecule has 134 valence electrons. The number of aliphatic hydroxyl groups is 1. The van der Waals surface area contributed by atoms with Crippen molar-refractivity contribution in [2.75, 3.05) is 33.7 Å². The van der Waals surface area contributed by atoms with Crippen molar-refractivity contribution in [3.05, 3.63) is 20.0 Å². The van der Waals surface area contributed by atoms with Crippen LogP contribution in [0.3, 0.4) is 0 Å². The third-order valence-corrected chi connectivity index (χ3v) is 4.39. The minimum Gasteiger partial charge on any atom is -0.394 e. The number of aliphatic hydroxyl groups excluding tert-OH is 1. The highest BCUT2D eigenvalue weighted by Gasteiger charge is 2.37. The number of nitrogen functional groups attached to an aromatic ring is 1. The topological polar surface area (TPSA) is 142 Å². The summed E-state index contributed by atoms with van der Waals surface area (Å²) in [5, 5.41) is 9.27. The first-order valence-electron chi connectivity index (χ1n) is 7.06. The fraction of sp³-hybridized carbons (Fsp3) is 0.615. The van der Waals surface area contributed by atoms with Gasteiger partial charge in [-0.25, -0.2) is 0 Å². The highest BCUT2D eigenvalue weighted by atomic mass is 32.1. The van der Waals surface area contributed by atoms with Gasteiger partial charge in [0.05, 0.1) is 12.7 Å². The average Bonchev–Trinajstić information content (AvgIpc) is 3.08. The van der Waals surface area contributed by atoms with Gasteiger partial charge in [-0.2, -0.15) is 4.98 Å². The first-order valence-corrected chi connectivity index (χ1v) is 7.88. The lowest BCUT2D eigenvalue weighted by Gasteiger charge is -2.13. The molecule has 0 radical (unpaired) electrons. The SMILES string of the molecule is COC.COC1CC(n2c(=O)sc3c(=O)[nH]c(N)nc32)OC1CO. The summed E-state index contributed by atoms with van der Waals surface area (Å²) in [5.41, 5.74) is 5.25. The van der Waals surface area contributed by atoms with Crippen molar-refractivity contribution in [3.63, 3.8) is 0 Å². The highest BCUT2D eigenvalue weighted by molar-refractivity contribution is 7.16. The third-order valence-electron chi connectivity index (χ3n) is 3.44. The number of aromatic amines is 1. The Morgan fingerprint density at radius 3 is 2.67 bits per heavy atom. The van der Waals surface area contributed by atoms with Gasteiger partial charge in [0.1, 0.15) is 17.0 Å². The molecule has 2 aromatic heterocycles. The van der Waals surface area contributed by atoms with E-state index >= 15 is 0 Å². The van der Waals surface area contributed by atoms with E-state index in [0.717, 1.165) is 11.3 Å². The number of nitrogens with two attached hydrogens (primary N) is 1. The Morgan fingerprint density at radius 1 is 1.46 bits per heavy atom. The number of hydrogen-bond acceptors (Lipinski definition) is 9. The van der Waals surface area contributed by atoms with Crippen LogP contribution in [0.15, 0.2) is 9.59 Å². The Labute approximate surface area is 140 Å². The molecule has 4 N–H and O–H groups in total. The van der Waals surface area contributed by atoms with Gasteiger partial charge in [-0.1, -0.05) is 11.3 Å². The van der Waals surface area contributed by atoms with Gasteiger partial charge in [-0.05, 0) is 0 Å². The minimum atomic E-state index is -0.651. The quantitative estimate of drug-likeness (QED) is 0.651. The van der Waals surface area contributed by atoms with Crippen molar-refractivity contribution in [1.82, 2.24) is 14.5 Å². The van der Waals surface area contributed by atoms with E-state index in [0.29, 0.717) is 6.42 Å². The van der Waals surface area contributed by atoms with Gasteiger partial charge in [-0.15, -0.1) is 0 Å². The van der Waals surface area contributed by atoms with Gasteiger partial charge >= 0.3 is 4.87 Å². The first kappa shape index (κ1) is 18.5. The zero-order valence-electron chi connectivity index (χ0n) is 13.5. The molecule has 3 heterocycles. The van der Waals surface area contributed by atoms with Crippen LogP contribution in [0.5, 0.6) is 0 Å². The Balaban J connectivity index is 0.000000647. The standard InChI is InChI=1S/C11H14N4O5S.C2H6O/c1-19-4-2-6(20-5(4)3-16)15-8-7(21-11(15)18)9(17)14-10(12)13-8;1-3-2/h4-6,16H,2-3H2,1H3,(H3,12,13,14,17);1-2H3. The molecule has 0 aliphatic carbocycles. The number of nitrogens with one attached hydrogen (secondary N) is 1. The smallest absolute Gasteiger partial charge is 0.311 e. The van der Waals surface area contributed by atoms with Crippen LogP contribution in [0, 0.1) is 0 Å². The molecule has 3 rings (SSSR count). The number of fused-ring (bicyclic) bond motifs is 1. The van der Waals surface area contributed by atoms with E-state index in [1.54, 1.807) is 14.2 Å². The van der Waals surface area contributed by atoms with Crippen LogP contribution < -0.4 is 16.2 Å². The molecule has 3 atom stereocenters. The predicted octanol–water partition coefficient (Wildman–Crippen LogP) is -0.714.